The van der Waals surface area contributed by atoms with E-state index in [0.717, 1.165) is 28.2 Å². The number of hydrogen-bond donors (Lipinski definition) is 0. The predicted octanol–water partition coefficient (Wildman–Crippen LogP) is 3.25. The summed E-state index contributed by atoms with van der Waals surface area (Å²) in [5.41, 5.74) is 0.986. The minimum atomic E-state index is -3.87. The van der Waals surface area contributed by atoms with Crippen molar-refractivity contribution in [2.24, 2.45) is 0 Å². The summed E-state index contributed by atoms with van der Waals surface area (Å²) in [7, 11) is -0.741. The molecule has 0 spiro atoms. The van der Waals surface area contributed by atoms with Gasteiger partial charge in [0.05, 0.1) is 23.6 Å². The number of hydrogen-bond acceptors (Lipinski definition) is 5. The molecule has 2 aromatic carbocycles. The third-order valence-corrected chi connectivity index (χ3v) is 7.58. The molecule has 2 aromatic rings. The Labute approximate surface area is 177 Å². The fraction of sp³-hybridized carbons (Fsp3) is 0.368. The molecule has 29 heavy (non-hydrogen) atoms. The number of rotatable bonds is 6. The summed E-state index contributed by atoms with van der Waals surface area (Å²) in [6.07, 6.45) is 0. The lowest BCUT2D eigenvalue weighted by Gasteiger charge is -2.34. The van der Waals surface area contributed by atoms with Gasteiger partial charge in [-0.2, -0.15) is 4.31 Å². The maximum atomic E-state index is 13.4. The maximum absolute atomic E-state index is 13.4. The lowest BCUT2D eigenvalue weighted by Crippen LogP contribution is -2.48. The topological polar surface area (TPSA) is 59.1 Å². The van der Waals surface area contributed by atoms with Crippen LogP contribution in [0.15, 0.2) is 39.7 Å². The van der Waals surface area contributed by atoms with Crippen molar-refractivity contribution >= 4 is 26.0 Å². The third-order valence-electron chi connectivity index (χ3n) is 4.82. The second kappa shape index (κ2) is 8.95. The molecule has 1 aliphatic heterocycles. The maximum Gasteiger partial charge on any atom is 0.243 e. The molecule has 10 heteroatoms. The number of nitrogens with zero attached hydrogens (tertiary/aromatic N) is 2. The van der Waals surface area contributed by atoms with Gasteiger partial charge in [0, 0.05) is 32.7 Å². The SMILES string of the molecule is COc1ccc(CN2CCN(S(=O)(=O)c3ccc(F)c(F)c3)CC2)c(Br)c1OC. The molecule has 0 aromatic heterocycles. The highest BCUT2D eigenvalue weighted by molar-refractivity contribution is 9.10. The number of methoxy groups -OCH3 is 2. The number of ether oxygens (including phenoxy) is 2. The van der Waals surface area contributed by atoms with E-state index in [0.29, 0.717) is 31.1 Å². The normalized spacial score (nSPS) is 16.0. The average Bonchev–Trinajstić information content (AvgIpc) is 2.71. The van der Waals surface area contributed by atoms with Crippen molar-refractivity contribution in [3.63, 3.8) is 0 Å². The van der Waals surface area contributed by atoms with Crippen molar-refractivity contribution in [1.29, 1.82) is 0 Å². The first-order chi connectivity index (χ1) is 13.8. The Hall–Kier alpha value is -1.75. The van der Waals surface area contributed by atoms with E-state index >= 15 is 0 Å². The molecule has 1 heterocycles. The fourth-order valence-electron chi connectivity index (χ4n) is 3.21. The fourth-order valence-corrected chi connectivity index (χ4v) is 5.26. The van der Waals surface area contributed by atoms with E-state index in [1.165, 1.54) is 4.31 Å². The van der Waals surface area contributed by atoms with Crippen molar-refractivity contribution in [3.05, 3.63) is 52.0 Å². The highest BCUT2D eigenvalue weighted by Crippen LogP contribution is 2.38. The predicted molar refractivity (Wildman–Crippen MR) is 108 cm³/mol. The standard InChI is InChI=1S/C19H21BrF2N2O4S/c1-27-17-6-3-13(18(20)19(17)28-2)12-23-7-9-24(10-8-23)29(25,26)14-4-5-15(21)16(22)11-14/h3-6,11H,7-10,12H2,1-2H3. The van der Waals surface area contributed by atoms with Crippen molar-refractivity contribution in [1.82, 2.24) is 9.21 Å². The van der Waals surface area contributed by atoms with Gasteiger partial charge in [-0.25, -0.2) is 17.2 Å². The van der Waals surface area contributed by atoms with Crippen molar-refractivity contribution in [2.75, 3.05) is 40.4 Å². The summed E-state index contributed by atoms with van der Waals surface area (Å²) in [5, 5.41) is 0. The summed E-state index contributed by atoms with van der Waals surface area (Å²) >= 11 is 3.54. The van der Waals surface area contributed by atoms with Crippen LogP contribution in [0.4, 0.5) is 8.78 Å². The summed E-state index contributed by atoms with van der Waals surface area (Å²) in [6.45, 7) is 2.12. The van der Waals surface area contributed by atoms with Crippen molar-refractivity contribution in [3.8, 4) is 11.5 Å². The minimum Gasteiger partial charge on any atom is -0.493 e. The first-order valence-corrected chi connectivity index (χ1v) is 11.1. The molecule has 0 aliphatic carbocycles. The van der Waals surface area contributed by atoms with Gasteiger partial charge in [0.15, 0.2) is 23.1 Å². The first-order valence-electron chi connectivity index (χ1n) is 8.85. The summed E-state index contributed by atoms with van der Waals surface area (Å²) in [5.74, 6) is -1.03. The van der Waals surface area contributed by atoms with E-state index < -0.39 is 21.7 Å². The molecule has 158 valence electrons. The Morgan fingerprint density at radius 1 is 1.00 bits per heavy atom. The Morgan fingerprint density at radius 3 is 2.28 bits per heavy atom. The smallest absolute Gasteiger partial charge is 0.243 e. The van der Waals surface area contributed by atoms with Crippen LogP contribution in [-0.2, 0) is 16.6 Å². The van der Waals surface area contributed by atoms with Crippen LogP contribution in [-0.4, -0.2) is 58.0 Å². The number of piperazine rings is 1. The molecule has 1 saturated heterocycles. The van der Waals surface area contributed by atoms with Crippen LogP contribution in [0.3, 0.4) is 0 Å². The van der Waals surface area contributed by atoms with Gasteiger partial charge in [-0.05, 0) is 45.8 Å². The van der Waals surface area contributed by atoms with Gasteiger partial charge < -0.3 is 9.47 Å². The molecule has 0 unspecified atom stereocenters. The second-order valence-corrected chi connectivity index (χ2v) is 9.26. The zero-order valence-electron chi connectivity index (χ0n) is 16.0. The van der Waals surface area contributed by atoms with Gasteiger partial charge in [0.25, 0.3) is 0 Å². The second-order valence-electron chi connectivity index (χ2n) is 6.53. The van der Waals surface area contributed by atoms with Crippen molar-refractivity contribution < 1.29 is 26.7 Å². The van der Waals surface area contributed by atoms with E-state index in [1.807, 2.05) is 12.1 Å². The molecular weight excluding hydrogens is 470 g/mol. The molecule has 1 aliphatic rings. The zero-order valence-corrected chi connectivity index (χ0v) is 18.4. The number of halogens is 3. The van der Waals surface area contributed by atoms with E-state index in [9.17, 15) is 17.2 Å². The Bertz CT molecular complexity index is 996. The molecule has 0 bridgehead atoms. The van der Waals surface area contributed by atoms with Crippen LogP contribution >= 0.6 is 15.9 Å². The van der Waals surface area contributed by atoms with Gasteiger partial charge in [-0.15, -0.1) is 0 Å². The van der Waals surface area contributed by atoms with Gasteiger partial charge in [-0.1, -0.05) is 6.07 Å². The van der Waals surface area contributed by atoms with Crippen LogP contribution in [0.5, 0.6) is 11.5 Å². The summed E-state index contributed by atoms with van der Waals surface area (Å²) in [6, 6.07) is 6.38. The monoisotopic (exact) mass is 490 g/mol. The highest BCUT2D eigenvalue weighted by Gasteiger charge is 2.29. The third kappa shape index (κ3) is 4.55. The van der Waals surface area contributed by atoms with E-state index in [2.05, 4.69) is 20.8 Å². The highest BCUT2D eigenvalue weighted by atomic mass is 79.9. The quantitative estimate of drug-likeness (QED) is 0.621. The van der Waals surface area contributed by atoms with E-state index in [4.69, 9.17) is 9.47 Å². The van der Waals surface area contributed by atoms with Crippen LogP contribution in [0.1, 0.15) is 5.56 Å². The molecule has 0 radical (unpaired) electrons. The minimum absolute atomic E-state index is 0.243. The van der Waals surface area contributed by atoms with Crippen LogP contribution in [0.25, 0.3) is 0 Å². The zero-order chi connectivity index (χ0) is 21.2. The lowest BCUT2D eigenvalue weighted by atomic mass is 10.1. The molecular formula is C19H21BrF2N2O4S. The van der Waals surface area contributed by atoms with Gasteiger partial charge in [-0.3, -0.25) is 4.90 Å². The van der Waals surface area contributed by atoms with Gasteiger partial charge in [0.1, 0.15) is 0 Å². The van der Waals surface area contributed by atoms with E-state index in [-0.39, 0.29) is 18.0 Å². The number of sulfonamides is 1. The molecule has 1 fully saturated rings. The Kier molecular flexibility index (Phi) is 6.77. The molecule has 0 saturated carbocycles. The Balaban J connectivity index is 1.69. The molecule has 3 rings (SSSR count). The van der Waals surface area contributed by atoms with E-state index in [1.54, 1.807) is 14.2 Å². The van der Waals surface area contributed by atoms with Gasteiger partial charge in [0.2, 0.25) is 10.0 Å². The first kappa shape index (κ1) is 21.9. The van der Waals surface area contributed by atoms with Crippen LogP contribution in [0.2, 0.25) is 0 Å². The summed E-state index contributed by atoms with van der Waals surface area (Å²) in [4.78, 5) is 1.87. The van der Waals surface area contributed by atoms with Crippen LogP contribution < -0.4 is 9.47 Å². The van der Waals surface area contributed by atoms with Crippen molar-refractivity contribution in [2.45, 2.75) is 11.4 Å². The average molecular weight is 491 g/mol. The molecule has 0 atom stereocenters. The Morgan fingerprint density at radius 2 is 1.69 bits per heavy atom. The molecule has 6 nitrogen and oxygen atoms in total. The van der Waals surface area contributed by atoms with Crippen LogP contribution in [0, 0.1) is 11.6 Å². The van der Waals surface area contributed by atoms with Gasteiger partial charge >= 0.3 is 0 Å². The number of benzene rings is 2. The lowest BCUT2D eigenvalue weighted by molar-refractivity contribution is 0.181. The summed E-state index contributed by atoms with van der Waals surface area (Å²) < 4.78 is 64.7. The largest absolute Gasteiger partial charge is 0.493 e. The molecule has 0 amide bonds. The molecule has 0 N–H and O–H groups in total.